The highest BCUT2D eigenvalue weighted by atomic mass is 15.3. The van der Waals surface area contributed by atoms with Gasteiger partial charge in [0, 0.05) is 24.7 Å². The van der Waals surface area contributed by atoms with Gasteiger partial charge in [-0.3, -0.25) is 4.68 Å². The zero-order valence-corrected chi connectivity index (χ0v) is 9.74. The summed E-state index contributed by atoms with van der Waals surface area (Å²) in [5.74, 6) is 0.646. The van der Waals surface area contributed by atoms with Crippen molar-refractivity contribution in [2.45, 2.75) is 45.1 Å². The van der Waals surface area contributed by atoms with Gasteiger partial charge in [0.05, 0.1) is 5.69 Å². The molecule has 1 aliphatic rings. The fourth-order valence-electron chi connectivity index (χ4n) is 2.29. The molecule has 0 atom stereocenters. The summed E-state index contributed by atoms with van der Waals surface area (Å²) in [4.78, 5) is 0. The van der Waals surface area contributed by atoms with E-state index in [1.807, 2.05) is 0 Å². The lowest BCUT2D eigenvalue weighted by atomic mass is 9.67. The second-order valence-electron chi connectivity index (χ2n) is 5.15. The van der Waals surface area contributed by atoms with E-state index in [1.54, 1.807) is 0 Å². The molecule has 15 heavy (non-hydrogen) atoms. The molecule has 2 N–H and O–H groups in total. The van der Waals surface area contributed by atoms with Gasteiger partial charge in [0.1, 0.15) is 0 Å². The lowest BCUT2D eigenvalue weighted by molar-refractivity contribution is 0.243. The van der Waals surface area contributed by atoms with Crippen molar-refractivity contribution in [3.8, 4) is 0 Å². The summed E-state index contributed by atoms with van der Waals surface area (Å²) >= 11 is 0. The third-order valence-corrected chi connectivity index (χ3v) is 3.44. The minimum Gasteiger partial charge on any atom is -0.330 e. The first-order valence-electron chi connectivity index (χ1n) is 5.90. The fraction of sp³-hybridized carbons (Fsp3) is 0.750. The van der Waals surface area contributed by atoms with Gasteiger partial charge in [-0.25, -0.2) is 0 Å². The second kappa shape index (κ2) is 3.97. The Morgan fingerprint density at radius 2 is 2.27 bits per heavy atom. The molecule has 84 valence electrons. The molecule has 0 aromatic carbocycles. The molecule has 1 aromatic rings. The molecular formula is C12H21N3. The average molecular weight is 207 g/mol. The van der Waals surface area contributed by atoms with Crippen molar-refractivity contribution in [2.75, 3.05) is 6.54 Å². The van der Waals surface area contributed by atoms with Gasteiger partial charge < -0.3 is 5.73 Å². The zero-order valence-electron chi connectivity index (χ0n) is 9.74. The third-order valence-electron chi connectivity index (χ3n) is 3.44. The molecule has 0 radical (unpaired) electrons. The van der Waals surface area contributed by atoms with Crippen LogP contribution < -0.4 is 5.73 Å². The lowest BCUT2D eigenvalue weighted by Gasteiger charge is -2.39. The fourth-order valence-corrected chi connectivity index (χ4v) is 2.29. The van der Waals surface area contributed by atoms with Crippen LogP contribution in [0.2, 0.25) is 0 Å². The van der Waals surface area contributed by atoms with Crippen molar-refractivity contribution in [2.24, 2.45) is 11.7 Å². The maximum atomic E-state index is 5.86. The first kappa shape index (κ1) is 10.7. The number of hydrogen-bond acceptors (Lipinski definition) is 2. The van der Waals surface area contributed by atoms with Crippen LogP contribution in [0.5, 0.6) is 0 Å². The Bertz CT molecular complexity index is 318. The Balaban J connectivity index is 2.12. The third kappa shape index (κ3) is 1.93. The van der Waals surface area contributed by atoms with Crippen molar-refractivity contribution < 1.29 is 0 Å². The first-order chi connectivity index (χ1) is 7.16. The number of hydrogen-bond donors (Lipinski definition) is 1. The molecule has 0 aliphatic heterocycles. The van der Waals surface area contributed by atoms with Gasteiger partial charge in [-0.15, -0.1) is 0 Å². The van der Waals surface area contributed by atoms with E-state index in [4.69, 9.17) is 5.73 Å². The van der Waals surface area contributed by atoms with Crippen LogP contribution in [0.3, 0.4) is 0 Å². The highest BCUT2D eigenvalue weighted by Gasteiger charge is 2.39. The standard InChI is InChI=1S/C12H21N3/c1-10(2)8-15-7-4-11(14-15)12(9-13)5-3-6-12/h4,7,10H,3,5-6,8-9,13H2,1-2H3. The molecule has 3 heteroatoms. The van der Waals surface area contributed by atoms with Crippen LogP contribution >= 0.6 is 0 Å². The lowest BCUT2D eigenvalue weighted by Crippen LogP contribution is -2.42. The summed E-state index contributed by atoms with van der Waals surface area (Å²) in [6.45, 7) is 6.17. The van der Waals surface area contributed by atoms with E-state index in [0.29, 0.717) is 5.92 Å². The van der Waals surface area contributed by atoms with Crippen LogP contribution in [0.4, 0.5) is 0 Å². The summed E-state index contributed by atoms with van der Waals surface area (Å²) in [7, 11) is 0. The molecular weight excluding hydrogens is 186 g/mol. The second-order valence-corrected chi connectivity index (χ2v) is 5.15. The Hall–Kier alpha value is -0.830. The quantitative estimate of drug-likeness (QED) is 0.819. The number of rotatable bonds is 4. The normalized spacial score (nSPS) is 19.2. The molecule has 0 bridgehead atoms. The molecule has 0 spiro atoms. The molecule has 1 fully saturated rings. The first-order valence-corrected chi connectivity index (χ1v) is 5.90. The topological polar surface area (TPSA) is 43.8 Å². The van der Waals surface area contributed by atoms with Crippen molar-refractivity contribution in [1.82, 2.24) is 9.78 Å². The molecule has 1 aliphatic carbocycles. The SMILES string of the molecule is CC(C)Cn1ccc(C2(CN)CCC2)n1. The van der Waals surface area contributed by atoms with E-state index in [-0.39, 0.29) is 5.41 Å². The maximum Gasteiger partial charge on any atom is 0.0698 e. The largest absolute Gasteiger partial charge is 0.330 e. The van der Waals surface area contributed by atoms with Crippen LogP contribution in [0.1, 0.15) is 38.8 Å². The van der Waals surface area contributed by atoms with Crippen LogP contribution in [0, 0.1) is 5.92 Å². The summed E-state index contributed by atoms with van der Waals surface area (Å²) in [5.41, 5.74) is 7.28. The predicted octanol–water partition coefficient (Wildman–Crippen LogP) is 1.92. The number of aromatic nitrogens is 2. The van der Waals surface area contributed by atoms with E-state index in [0.717, 1.165) is 13.1 Å². The van der Waals surface area contributed by atoms with Gasteiger partial charge in [0.25, 0.3) is 0 Å². The van der Waals surface area contributed by atoms with Gasteiger partial charge in [-0.2, -0.15) is 5.10 Å². The van der Waals surface area contributed by atoms with Crippen LogP contribution in [-0.2, 0) is 12.0 Å². The molecule has 1 heterocycles. The summed E-state index contributed by atoms with van der Waals surface area (Å²) in [6, 6.07) is 2.15. The van der Waals surface area contributed by atoms with Gasteiger partial charge in [0.15, 0.2) is 0 Å². The highest BCUT2D eigenvalue weighted by molar-refractivity contribution is 5.19. The monoisotopic (exact) mass is 207 g/mol. The summed E-state index contributed by atoms with van der Waals surface area (Å²) < 4.78 is 2.05. The minimum atomic E-state index is 0.211. The van der Waals surface area contributed by atoms with E-state index in [1.165, 1.54) is 25.0 Å². The summed E-state index contributed by atoms with van der Waals surface area (Å²) in [5, 5.41) is 4.65. The van der Waals surface area contributed by atoms with Crippen molar-refractivity contribution in [1.29, 1.82) is 0 Å². The van der Waals surface area contributed by atoms with Gasteiger partial charge >= 0.3 is 0 Å². The smallest absolute Gasteiger partial charge is 0.0698 e. The maximum absolute atomic E-state index is 5.86. The highest BCUT2D eigenvalue weighted by Crippen LogP contribution is 2.41. The molecule has 3 nitrogen and oxygen atoms in total. The van der Waals surface area contributed by atoms with Crippen LogP contribution in [-0.4, -0.2) is 16.3 Å². The Morgan fingerprint density at radius 3 is 2.73 bits per heavy atom. The number of nitrogens with two attached hydrogens (primary N) is 1. The van der Waals surface area contributed by atoms with Gasteiger partial charge in [0.2, 0.25) is 0 Å². The van der Waals surface area contributed by atoms with Crippen LogP contribution in [0.15, 0.2) is 12.3 Å². The van der Waals surface area contributed by atoms with Crippen molar-refractivity contribution in [3.63, 3.8) is 0 Å². The molecule has 1 aromatic heterocycles. The minimum absolute atomic E-state index is 0.211. The average Bonchev–Trinajstić information content (AvgIpc) is 2.51. The summed E-state index contributed by atoms with van der Waals surface area (Å²) in [6.07, 6.45) is 5.81. The predicted molar refractivity (Wildman–Crippen MR) is 61.6 cm³/mol. The molecule has 0 saturated heterocycles. The van der Waals surface area contributed by atoms with Crippen molar-refractivity contribution in [3.05, 3.63) is 18.0 Å². The molecule has 1 saturated carbocycles. The number of nitrogens with zero attached hydrogens (tertiary/aromatic N) is 2. The van der Waals surface area contributed by atoms with Crippen molar-refractivity contribution >= 4 is 0 Å². The van der Waals surface area contributed by atoms with E-state index in [9.17, 15) is 0 Å². The van der Waals surface area contributed by atoms with E-state index >= 15 is 0 Å². The Labute approximate surface area is 91.7 Å². The molecule has 0 amide bonds. The van der Waals surface area contributed by atoms with E-state index in [2.05, 4.69) is 35.9 Å². The van der Waals surface area contributed by atoms with E-state index < -0.39 is 0 Å². The molecule has 0 unspecified atom stereocenters. The zero-order chi connectivity index (χ0) is 10.9. The van der Waals surface area contributed by atoms with Gasteiger partial charge in [-0.05, 0) is 24.8 Å². The van der Waals surface area contributed by atoms with Crippen LogP contribution in [0.25, 0.3) is 0 Å². The Kier molecular flexibility index (Phi) is 2.83. The molecule has 2 rings (SSSR count). The Morgan fingerprint density at radius 1 is 1.53 bits per heavy atom. The van der Waals surface area contributed by atoms with Gasteiger partial charge in [-0.1, -0.05) is 20.3 Å².